The molecule has 0 aromatic rings. The standard InChI is InChI=1S/C10H19NO2/c1-8(2)11-9-3-4-10(11,6-12)7-13-5-9/h8-9,12H,3-7H2,1-2H3. The Hall–Kier alpha value is -0.120. The van der Waals surface area contributed by atoms with Gasteiger partial charge >= 0.3 is 0 Å². The molecule has 0 spiro atoms. The van der Waals surface area contributed by atoms with Crippen LogP contribution in [0.4, 0.5) is 0 Å². The fraction of sp³-hybridized carbons (Fsp3) is 1.00. The van der Waals surface area contributed by atoms with Gasteiger partial charge in [0, 0.05) is 12.1 Å². The molecular formula is C10H19NO2. The minimum Gasteiger partial charge on any atom is -0.394 e. The number of ether oxygens (including phenoxy) is 1. The molecule has 2 fully saturated rings. The monoisotopic (exact) mass is 185 g/mol. The predicted octanol–water partition coefficient (Wildman–Crippen LogP) is 0.621. The van der Waals surface area contributed by atoms with Gasteiger partial charge in [0.25, 0.3) is 0 Å². The van der Waals surface area contributed by atoms with Gasteiger partial charge in [-0.15, -0.1) is 0 Å². The number of morpholine rings is 1. The normalized spacial score (nSPS) is 40.2. The molecule has 1 N–H and O–H groups in total. The molecule has 13 heavy (non-hydrogen) atoms. The first kappa shape index (κ1) is 9.44. The summed E-state index contributed by atoms with van der Waals surface area (Å²) in [5, 5.41) is 9.47. The van der Waals surface area contributed by atoms with Crippen LogP contribution in [0.1, 0.15) is 26.7 Å². The molecule has 0 aromatic heterocycles. The molecule has 2 atom stereocenters. The SMILES string of the molecule is CC(C)N1C2CCC1(CO)COC2. The largest absolute Gasteiger partial charge is 0.394 e. The van der Waals surface area contributed by atoms with Crippen LogP contribution in [0.15, 0.2) is 0 Å². The van der Waals surface area contributed by atoms with Gasteiger partial charge in [0.15, 0.2) is 0 Å². The molecule has 0 amide bonds. The molecule has 2 saturated heterocycles. The second-order valence-electron chi connectivity index (χ2n) is 4.59. The molecule has 0 aromatic carbocycles. The predicted molar refractivity (Wildman–Crippen MR) is 50.6 cm³/mol. The van der Waals surface area contributed by atoms with Gasteiger partial charge in [-0.25, -0.2) is 0 Å². The van der Waals surface area contributed by atoms with Gasteiger partial charge < -0.3 is 9.84 Å². The molecule has 3 heteroatoms. The van der Waals surface area contributed by atoms with E-state index in [4.69, 9.17) is 4.74 Å². The van der Waals surface area contributed by atoms with E-state index in [0.717, 1.165) is 13.0 Å². The Morgan fingerprint density at radius 2 is 2.38 bits per heavy atom. The Labute approximate surface area is 79.7 Å². The highest BCUT2D eigenvalue weighted by molar-refractivity contribution is 5.04. The highest BCUT2D eigenvalue weighted by atomic mass is 16.5. The van der Waals surface area contributed by atoms with Crippen molar-refractivity contribution in [3.05, 3.63) is 0 Å². The molecule has 3 nitrogen and oxygen atoms in total. The van der Waals surface area contributed by atoms with Crippen LogP contribution in [0.25, 0.3) is 0 Å². The summed E-state index contributed by atoms with van der Waals surface area (Å²) in [5.74, 6) is 0. The number of hydrogen-bond donors (Lipinski definition) is 1. The molecule has 2 aliphatic heterocycles. The maximum atomic E-state index is 9.47. The van der Waals surface area contributed by atoms with Crippen LogP contribution >= 0.6 is 0 Å². The first-order valence-corrected chi connectivity index (χ1v) is 5.17. The summed E-state index contributed by atoms with van der Waals surface area (Å²) in [6.07, 6.45) is 2.27. The van der Waals surface area contributed by atoms with Crippen LogP contribution in [0.3, 0.4) is 0 Å². The average Bonchev–Trinajstić information content (AvgIpc) is 2.35. The fourth-order valence-electron chi connectivity index (χ4n) is 2.96. The van der Waals surface area contributed by atoms with E-state index in [2.05, 4.69) is 18.7 Å². The van der Waals surface area contributed by atoms with E-state index in [-0.39, 0.29) is 12.1 Å². The zero-order valence-electron chi connectivity index (χ0n) is 8.49. The zero-order valence-corrected chi connectivity index (χ0v) is 8.49. The Bertz CT molecular complexity index is 191. The smallest absolute Gasteiger partial charge is 0.0681 e. The van der Waals surface area contributed by atoms with Gasteiger partial charge in [-0.3, -0.25) is 4.90 Å². The summed E-state index contributed by atoms with van der Waals surface area (Å²) in [6.45, 7) is 6.20. The van der Waals surface area contributed by atoms with Crippen molar-refractivity contribution in [2.24, 2.45) is 0 Å². The van der Waals surface area contributed by atoms with Gasteiger partial charge in [0.2, 0.25) is 0 Å². The summed E-state index contributed by atoms with van der Waals surface area (Å²) in [5.41, 5.74) is -0.0584. The van der Waals surface area contributed by atoms with E-state index < -0.39 is 0 Å². The van der Waals surface area contributed by atoms with Crippen molar-refractivity contribution in [3.63, 3.8) is 0 Å². The molecule has 2 rings (SSSR count). The highest BCUT2D eigenvalue weighted by Crippen LogP contribution is 2.39. The van der Waals surface area contributed by atoms with Crippen molar-refractivity contribution in [1.82, 2.24) is 4.90 Å². The topological polar surface area (TPSA) is 32.7 Å². The summed E-state index contributed by atoms with van der Waals surface area (Å²) in [4.78, 5) is 2.45. The maximum absolute atomic E-state index is 9.47. The van der Waals surface area contributed by atoms with Gasteiger partial charge in [-0.1, -0.05) is 0 Å². The number of rotatable bonds is 2. The lowest BCUT2D eigenvalue weighted by molar-refractivity contribution is -0.102. The van der Waals surface area contributed by atoms with Crippen LogP contribution in [-0.4, -0.2) is 47.4 Å². The molecule has 2 heterocycles. The lowest BCUT2D eigenvalue weighted by Gasteiger charge is -2.45. The van der Waals surface area contributed by atoms with Crippen molar-refractivity contribution < 1.29 is 9.84 Å². The van der Waals surface area contributed by atoms with Crippen molar-refractivity contribution in [2.45, 2.75) is 44.3 Å². The molecular weight excluding hydrogens is 166 g/mol. The quantitative estimate of drug-likeness (QED) is 0.684. The second-order valence-corrected chi connectivity index (χ2v) is 4.59. The Morgan fingerprint density at radius 3 is 2.92 bits per heavy atom. The van der Waals surface area contributed by atoms with E-state index in [1.165, 1.54) is 6.42 Å². The third kappa shape index (κ3) is 1.30. The summed E-state index contributed by atoms with van der Waals surface area (Å²) >= 11 is 0. The van der Waals surface area contributed by atoms with Gasteiger partial charge in [-0.05, 0) is 26.7 Å². The summed E-state index contributed by atoms with van der Waals surface area (Å²) < 4.78 is 5.53. The highest BCUT2D eigenvalue weighted by Gasteiger charge is 2.50. The molecule has 76 valence electrons. The first-order valence-electron chi connectivity index (χ1n) is 5.17. The second kappa shape index (κ2) is 3.23. The number of hydrogen-bond acceptors (Lipinski definition) is 3. The molecule has 0 saturated carbocycles. The third-order valence-electron chi connectivity index (χ3n) is 3.42. The van der Waals surface area contributed by atoms with E-state index in [1.807, 2.05) is 0 Å². The van der Waals surface area contributed by atoms with Crippen molar-refractivity contribution >= 4 is 0 Å². The third-order valence-corrected chi connectivity index (χ3v) is 3.42. The van der Waals surface area contributed by atoms with E-state index in [0.29, 0.717) is 18.7 Å². The Balaban J connectivity index is 2.23. The van der Waals surface area contributed by atoms with Crippen LogP contribution in [0, 0.1) is 0 Å². The number of aliphatic hydroxyl groups excluding tert-OH is 1. The van der Waals surface area contributed by atoms with Crippen molar-refractivity contribution in [1.29, 1.82) is 0 Å². The molecule has 2 bridgehead atoms. The first-order chi connectivity index (χ1) is 6.19. The molecule has 2 unspecified atom stereocenters. The van der Waals surface area contributed by atoms with Crippen molar-refractivity contribution in [3.8, 4) is 0 Å². The van der Waals surface area contributed by atoms with Gasteiger partial charge in [0.1, 0.15) is 0 Å². The van der Waals surface area contributed by atoms with Crippen LogP contribution in [0.2, 0.25) is 0 Å². The lowest BCUT2D eigenvalue weighted by Crippen LogP contribution is -2.60. The Kier molecular flexibility index (Phi) is 2.34. The molecule has 2 aliphatic rings. The lowest BCUT2D eigenvalue weighted by atomic mass is 9.97. The molecule has 0 aliphatic carbocycles. The summed E-state index contributed by atoms with van der Waals surface area (Å²) in [7, 11) is 0. The van der Waals surface area contributed by atoms with E-state index >= 15 is 0 Å². The van der Waals surface area contributed by atoms with Crippen LogP contribution in [-0.2, 0) is 4.74 Å². The van der Waals surface area contributed by atoms with Gasteiger partial charge in [-0.2, -0.15) is 0 Å². The minimum absolute atomic E-state index is 0.0584. The number of aliphatic hydroxyl groups is 1. The van der Waals surface area contributed by atoms with Crippen LogP contribution < -0.4 is 0 Å². The Morgan fingerprint density at radius 1 is 1.62 bits per heavy atom. The van der Waals surface area contributed by atoms with Gasteiger partial charge in [0.05, 0.1) is 25.4 Å². The van der Waals surface area contributed by atoms with Crippen LogP contribution in [0.5, 0.6) is 0 Å². The average molecular weight is 185 g/mol. The van der Waals surface area contributed by atoms with E-state index in [1.54, 1.807) is 0 Å². The van der Waals surface area contributed by atoms with Crippen molar-refractivity contribution in [2.75, 3.05) is 19.8 Å². The number of nitrogens with zero attached hydrogens (tertiary/aromatic N) is 1. The minimum atomic E-state index is -0.0584. The van der Waals surface area contributed by atoms with E-state index in [9.17, 15) is 5.11 Å². The fourth-order valence-corrected chi connectivity index (χ4v) is 2.96. The summed E-state index contributed by atoms with van der Waals surface area (Å²) in [6, 6.07) is 1.06. The maximum Gasteiger partial charge on any atom is 0.0681 e. The zero-order chi connectivity index (χ0) is 9.47. The number of fused-ring (bicyclic) bond motifs is 2. The molecule has 0 radical (unpaired) electrons.